The van der Waals surface area contributed by atoms with Crippen molar-refractivity contribution in [1.29, 1.82) is 0 Å². The van der Waals surface area contributed by atoms with E-state index in [-0.39, 0.29) is 18.3 Å². The fourth-order valence-electron chi connectivity index (χ4n) is 3.59. The highest BCUT2D eigenvalue weighted by atomic mass is 35.5. The Balaban J connectivity index is 0.00000196. The number of aryl methyl sites for hydroxylation is 1. The summed E-state index contributed by atoms with van der Waals surface area (Å²) < 4.78 is 5.92. The van der Waals surface area contributed by atoms with Gasteiger partial charge in [-0.1, -0.05) is 6.07 Å². The van der Waals surface area contributed by atoms with Crippen LogP contribution in [-0.2, 0) is 11.2 Å². The average Bonchev–Trinajstić information content (AvgIpc) is 3.17. The van der Waals surface area contributed by atoms with Crippen LogP contribution in [0.25, 0.3) is 11.1 Å². The zero-order valence-corrected chi connectivity index (χ0v) is 15.7. The van der Waals surface area contributed by atoms with Crippen molar-refractivity contribution in [2.24, 2.45) is 0 Å². The zero-order chi connectivity index (χ0) is 17.2. The molecule has 0 aliphatic carbocycles. The van der Waals surface area contributed by atoms with Crippen molar-refractivity contribution in [2.45, 2.75) is 31.7 Å². The third kappa shape index (κ3) is 3.84. The fourth-order valence-corrected chi connectivity index (χ4v) is 3.59. The van der Waals surface area contributed by atoms with Crippen LogP contribution in [0.2, 0.25) is 0 Å². The summed E-state index contributed by atoms with van der Waals surface area (Å²) in [6.45, 7) is 1.76. The molecule has 3 heterocycles. The first-order valence-electron chi connectivity index (χ1n) is 8.92. The summed E-state index contributed by atoms with van der Waals surface area (Å²) in [5.41, 5.74) is 4.37. The normalized spacial score (nSPS) is 19.0. The van der Waals surface area contributed by atoms with Gasteiger partial charge in [0.2, 0.25) is 5.91 Å². The molecule has 2 aromatic rings. The first-order valence-corrected chi connectivity index (χ1v) is 8.92. The van der Waals surface area contributed by atoms with Gasteiger partial charge in [-0.2, -0.15) is 0 Å². The Hall–Kier alpha value is -2.11. The first-order chi connectivity index (χ1) is 12.2. The van der Waals surface area contributed by atoms with Gasteiger partial charge >= 0.3 is 0 Å². The molecule has 4 rings (SSSR count). The predicted molar refractivity (Wildman–Crippen MR) is 105 cm³/mol. The minimum absolute atomic E-state index is 0. The van der Waals surface area contributed by atoms with E-state index in [0.29, 0.717) is 19.1 Å². The van der Waals surface area contributed by atoms with Crippen LogP contribution in [0.5, 0.6) is 5.75 Å². The number of carbonyl (C=O) groups is 1. The second kappa shape index (κ2) is 8.06. The highest BCUT2D eigenvalue weighted by molar-refractivity contribution is 5.96. The number of ether oxygens (including phenoxy) is 1. The maximum atomic E-state index is 11.8. The van der Waals surface area contributed by atoms with E-state index in [4.69, 9.17) is 4.74 Å². The Morgan fingerprint density at radius 2 is 2.12 bits per heavy atom. The van der Waals surface area contributed by atoms with Crippen molar-refractivity contribution in [2.75, 3.05) is 25.1 Å². The molecule has 1 amide bonds. The molecule has 26 heavy (non-hydrogen) atoms. The average molecular weight is 374 g/mol. The van der Waals surface area contributed by atoms with Crippen LogP contribution in [0, 0.1) is 0 Å². The molecule has 2 aliphatic rings. The molecule has 1 atom stereocenters. The number of hydrogen-bond donors (Lipinski definition) is 1. The van der Waals surface area contributed by atoms with Gasteiger partial charge in [0.15, 0.2) is 0 Å². The molecule has 138 valence electrons. The number of hydrogen-bond acceptors (Lipinski definition) is 4. The number of fused-ring (bicyclic) bond motifs is 1. The Morgan fingerprint density at radius 1 is 1.23 bits per heavy atom. The van der Waals surface area contributed by atoms with Crippen LogP contribution < -0.4 is 15.0 Å². The lowest BCUT2D eigenvalue weighted by molar-refractivity contribution is -0.118. The molecule has 0 unspecified atom stereocenters. The Morgan fingerprint density at radius 3 is 2.92 bits per heavy atom. The fraction of sp³-hybridized carbons (Fsp3) is 0.400. The van der Waals surface area contributed by atoms with Crippen LogP contribution >= 0.6 is 12.4 Å². The van der Waals surface area contributed by atoms with Gasteiger partial charge in [0.1, 0.15) is 12.4 Å². The highest BCUT2D eigenvalue weighted by Crippen LogP contribution is 2.32. The summed E-state index contributed by atoms with van der Waals surface area (Å²) in [5.74, 6) is 0.981. The lowest BCUT2D eigenvalue weighted by atomic mass is 9.97. The Labute approximate surface area is 160 Å². The summed E-state index contributed by atoms with van der Waals surface area (Å²) in [7, 11) is 1.84. The van der Waals surface area contributed by atoms with E-state index >= 15 is 0 Å². The number of amides is 1. The number of nitrogens with one attached hydrogen (secondary N) is 1. The van der Waals surface area contributed by atoms with E-state index in [1.165, 1.54) is 18.4 Å². The van der Waals surface area contributed by atoms with Crippen LogP contribution in [0.3, 0.4) is 0 Å². The van der Waals surface area contributed by atoms with E-state index in [0.717, 1.165) is 35.5 Å². The van der Waals surface area contributed by atoms with Crippen LogP contribution in [0.1, 0.15) is 24.8 Å². The molecular weight excluding hydrogens is 350 g/mol. The molecule has 0 saturated carbocycles. The number of halogens is 1. The second-order valence-corrected chi connectivity index (χ2v) is 6.81. The molecule has 0 radical (unpaired) electrons. The number of carbonyl (C=O) groups excluding carboxylic acids is 1. The van der Waals surface area contributed by atoms with Crippen molar-refractivity contribution < 1.29 is 9.53 Å². The Bertz CT molecular complexity index is 790. The number of rotatable bonds is 4. The van der Waals surface area contributed by atoms with Gasteiger partial charge in [0.25, 0.3) is 0 Å². The summed E-state index contributed by atoms with van der Waals surface area (Å²) in [6, 6.07) is 8.73. The first kappa shape index (κ1) is 18.7. The number of nitrogens with zero attached hydrogens (tertiary/aromatic N) is 2. The number of pyridine rings is 1. The largest absolute Gasteiger partial charge is 0.490 e. The quantitative estimate of drug-likeness (QED) is 0.894. The maximum absolute atomic E-state index is 11.8. The molecule has 1 saturated heterocycles. The molecule has 1 aromatic carbocycles. The van der Waals surface area contributed by atoms with Crippen LogP contribution in [-0.4, -0.2) is 37.1 Å². The van der Waals surface area contributed by atoms with Crippen molar-refractivity contribution in [1.82, 2.24) is 10.3 Å². The zero-order valence-electron chi connectivity index (χ0n) is 14.9. The van der Waals surface area contributed by atoms with Crippen molar-refractivity contribution >= 4 is 24.0 Å². The molecular formula is C20H24ClN3O2. The minimum atomic E-state index is 0. The molecule has 2 aliphatic heterocycles. The number of anilines is 1. The SMILES string of the molecule is CN1C(=O)CCc2cc(-c3cncc(OC[C@H]4CCCN4)c3)ccc21.Cl. The third-order valence-electron chi connectivity index (χ3n) is 5.08. The molecule has 0 bridgehead atoms. The van der Waals surface area contributed by atoms with E-state index < -0.39 is 0 Å². The van der Waals surface area contributed by atoms with Gasteiger partial charge in [-0.25, -0.2) is 0 Å². The van der Waals surface area contributed by atoms with Gasteiger partial charge in [0.05, 0.1) is 6.20 Å². The Kier molecular flexibility index (Phi) is 5.79. The summed E-state index contributed by atoms with van der Waals surface area (Å²) in [6.07, 6.45) is 7.39. The summed E-state index contributed by atoms with van der Waals surface area (Å²) in [5, 5.41) is 3.44. The van der Waals surface area contributed by atoms with Gasteiger partial charge < -0.3 is 15.0 Å². The topological polar surface area (TPSA) is 54.5 Å². The molecule has 1 aromatic heterocycles. The molecule has 6 heteroatoms. The smallest absolute Gasteiger partial charge is 0.227 e. The van der Waals surface area contributed by atoms with Gasteiger partial charge in [-0.05, 0) is 55.1 Å². The van der Waals surface area contributed by atoms with Gasteiger partial charge in [-0.3, -0.25) is 9.78 Å². The summed E-state index contributed by atoms with van der Waals surface area (Å²) >= 11 is 0. The van der Waals surface area contributed by atoms with E-state index in [1.807, 2.05) is 31.4 Å². The molecule has 1 fully saturated rings. The molecule has 5 nitrogen and oxygen atoms in total. The van der Waals surface area contributed by atoms with Crippen molar-refractivity contribution in [3.63, 3.8) is 0 Å². The van der Waals surface area contributed by atoms with E-state index in [2.05, 4.69) is 16.4 Å². The molecule has 0 spiro atoms. The lowest BCUT2D eigenvalue weighted by Gasteiger charge is -2.26. The lowest BCUT2D eigenvalue weighted by Crippen LogP contribution is -2.30. The predicted octanol–water partition coefficient (Wildman–Crippen LogP) is 3.21. The summed E-state index contributed by atoms with van der Waals surface area (Å²) in [4.78, 5) is 17.9. The minimum Gasteiger partial charge on any atom is -0.490 e. The standard InChI is InChI=1S/C20H23N3O2.ClH/c1-23-19-6-4-14(9-15(19)5-7-20(23)24)16-10-18(12-21-11-16)25-13-17-3-2-8-22-17;/h4,6,9-12,17,22H,2-3,5,7-8,13H2,1H3;1H/t17-;/m1./s1. The van der Waals surface area contributed by atoms with E-state index in [9.17, 15) is 4.79 Å². The van der Waals surface area contributed by atoms with Gasteiger partial charge in [-0.15, -0.1) is 12.4 Å². The number of benzene rings is 1. The van der Waals surface area contributed by atoms with E-state index in [1.54, 1.807) is 11.1 Å². The second-order valence-electron chi connectivity index (χ2n) is 6.81. The third-order valence-corrected chi connectivity index (χ3v) is 5.08. The monoisotopic (exact) mass is 373 g/mol. The van der Waals surface area contributed by atoms with Gasteiger partial charge in [0, 0.05) is 37.0 Å². The number of aromatic nitrogens is 1. The maximum Gasteiger partial charge on any atom is 0.227 e. The highest BCUT2D eigenvalue weighted by Gasteiger charge is 2.21. The van der Waals surface area contributed by atoms with Crippen molar-refractivity contribution in [3.8, 4) is 16.9 Å². The van der Waals surface area contributed by atoms with Crippen LogP contribution in [0.15, 0.2) is 36.7 Å². The van der Waals surface area contributed by atoms with Crippen LogP contribution in [0.4, 0.5) is 5.69 Å². The van der Waals surface area contributed by atoms with Crippen molar-refractivity contribution in [3.05, 3.63) is 42.2 Å². The molecule has 1 N–H and O–H groups in total.